The van der Waals surface area contributed by atoms with E-state index >= 15 is 0 Å². The monoisotopic (exact) mass is 444 g/mol. The molecule has 0 saturated heterocycles. The lowest BCUT2D eigenvalue weighted by Crippen LogP contribution is -2.25. The van der Waals surface area contributed by atoms with Gasteiger partial charge in [-0.2, -0.15) is 0 Å². The summed E-state index contributed by atoms with van der Waals surface area (Å²) in [5.41, 5.74) is 1.53. The maximum Gasteiger partial charge on any atom is 0.264 e. The van der Waals surface area contributed by atoms with E-state index in [9.17, 15) is 9.59 Å². The van der Waals surface area contributed by atoms with Crippen molar-refractivity contribution in [3.05, 3.63) is 65.2 Å². The van der Waals surface area contributed by atoms with Gasteiger partial charge in [-0.15, -0.1) is 0 Å². The molecule has 3 aromatic heterocycles. The first-order valence-electron chi connectivity index (χ1n) is 10.5. The molecule has 0 atom stereocenters. The van der Waals surface area contributed by atoms with E-state index in [1.54, 1.807) is 43.7 Å². The van der Waals surface area contributed by atoms with E-state index in [2.05, 4.69) is 25.6 Å². The molecule has 1 aromatic carbocycles. The Morgan fingerprint density at radius 1 is 1.06 bits per heavy atom. The van der Waals surface area contributed by atoms with Crippen molar-refractivity contribution in [3.8, 4) is 22.8 Å². The molecule has 0 aliphatic heterocycles. The molecule has 1 amide bonds. The molecule has 0 spiro atoms. The zero-order valence-corrected chi connectivity index (χ0v) is 18.8. The van der Waals surface area contributed by atoms with Gasteiger partial charge in [0.15, 0.2) is 0 Å². The van der Waals surface area contributed by atoms with Gasteiger partial charge in [-0.25, -0.2) is 15.0 Å². The van der Waals surface area contributed by atoms with Crippen LogP contribution in [0.3, 0.4) is 0 Å². The Morgan fingerprint density at radius 3 is 2.61 bits per heavy atom. The number of carbonyl (C=O) groups excluding carboxylic acids is 1. The van der Waals surface area contributed by atoms with E-state index in [4.69, 9.17) is 4.74 Å². The van der Waals surface area contributed by atoms with E-state index in [1.165, 1.54) is 11.5 Å². The molecule has 0 bridgehead atoms. The Hall–Kier alpha value is -4.27. The van der Waals surface area contributed by atoms with Crippen LogP contribution in [0.2, 0.25) is 0 Å². The lowest BCUT2D eigenvalue weighted by Gasteiger charge is -2.13. The summed E-state index contributed by atoms with van der Waals surface area (Å²) in [5, 5.41) is 6.64. The highest BCUT2D eigenvalue weighted by atomic mass is 16.5. The van der Waals surface area contributed by atoms with Crippen molar-refractivity contribution in [2.24, 2.45) is 7.05 Å². The van der Waals surface area contributed by atoms with Crippen molar-refractivity contribution in [1.82, 2.24) is 19.5 Å². The zero-order chi connectivity index (χ0) is 23.5. The number of carbonyl (C=O) groups is 1. The Bertz CT molecular complexity index is 1400. The molecule has 4 aromatic rings. The fourth-order valence-corrected chi connectivity index (χ4v) is 3.29. The average Bonchev–Trinajstić information content (AvgIpc) is 2.76. The smallest absolute Gasteiger partial charge is 0.264 e. The van der Waals surface area contributed by atoms with Gasteiger partial charge in [0.25, 0.3) is 5.56 Å². The molecule has 0 radical (unpaired) electrons. The minimum Gasteiger partial charge on any atom is -0.457 e. The van der Waals surface area contributed by atoms with Gasteiger partial charge < -0.3 is 15.4 Å². The zero-order valence-electron chi connectivity index (χ0n) is 18.8. The highest BCUT2D eigenvalue weighted by Gasteiger charge is 2.12. The number of fused-ring (bicyclic) bond motifs is 1. The van der Waals surface area contributed by atoms with E-state index in [-0.39, 0.29) is 17.5 Å². The summed E-state index contributed by atoms with van der Waals surface area (Å²) in [7, 11) is 1.69. The van der Waals surface area contributed by atoms with E-state index in [0.29, 0.717) is 34.5 Å². The average molecular weight is 444 g/mol. The lowest BCUT2D eigenvalue weighted by atomic mass is 10.1. The second-order valence-corrected chi connectivity index (χ2v) is 7.87. The van der Waals surface area contributed by atoms with Crippen LogP contribution in [0, 0.1) is 0 Å². The van der Waals surface area contributed by atoms with E-state index in [0.717, 1.165) is 10.9 Å². The molecule has 33 heavy (non-hydrogen) atoms. The maximum atomic E-state index is 12.9. The summed E-state index contributed by atoms with van der Waals surface area (Å²) in [4.78, 5) is 37.2. The molecular formula is C24H24N6O3. The van der Waals surface area contributed by atoms with Crippen molar-refractivity contribution in [2.45, 2.75) is 26.8 Å². The van der Waals surface area contributed by atoms with E-state index < -0.39 is 0 Å². The minimum absolute atomic E-state index is 0.160. The van der Waals surface area contributed by atoms with Crippen LogP contribution in [0.15, 0.2) is 59.7 Å². The van der Waals surface area contributed by atoms with Crippen LogP contribution < -0.4 is 20.9 Å². The Morgan fingerprint density at radius 2 is 1.85 bits per heavy atom. The van der Waals surface area contributed by atoms with Crippen molar-refractivity contribution in [3.63, 3.8) is 0 Å². The second kappa shape index (κ2) is 9.07. The number of benzene rings is 1. The van der Waals surface area contributed by atoms with Gasteiger partial charge in [0, 0.05) is 43.9 Å². The first-order chi connectivity index (χ1) is 15.8. The van der Waals surface area contributed by atoms with Crippen LogP contribution in [0.25, 0.3) is 22.2 Å². The molecule has 0 aliphatic rings. The molecule has 0 unspecified atom stereocenters. The van der Waals surface area contributed by atoms with E-state index in [1.807, 2.05) is 32.0 Å². The fraction of sp³-hybridized carbons (Fsp3) is 0.208. The Kier molecular flexibility index (Phi) is 6.03. The molecule has 0 fully saturated rings. The van der Waals surface area contributed by atoms with Gasteiger partial charge in [-0.1, -0.05) is 6.07 Å². The van der Waals surface area contributed by atoms with Gasteiger partial charge >= 0.3 is 0 Å². The normalized spacial score (nSPS) is 10.9. The number of hydrogen-bond donors (Lipinski definition) is 2. The number of amides is 1. The van der Waals surface area contributed by atoms with Crippen molar-refractivity contribution in [2.75, 3.05) is 10.6 Å². The van der Waals surface area contributed by atoms with Crippen LogP contribution in [0.5, 0.6) is 11.5 Å². The predicted octanol–water partition coefficient (Wildman–Crippen LogP) is 3.96. The maximum absolute atomic E-state index is 12.9. The lowest BCUT2D eigenvalue weighted by molar-refractivity contribution is -0.114. The third-order valence-corrected chi connectivity index (χ3v) is 4.79. The topological polar surface area (TPSA) is 111 Å². The quantitative estimate of drug-likeness (QED) is 0.463. The molecule has 9 heteroatoms. The molecular weight excluding hydrogens is 420 g/mol. The highest BCUT2D eigenvalue weighted by molar-refractivity contribution is 5.87. The van der Waals surface area contributed by atoms with Crippen LogP contribution in [0.1, 0.15) is 20.8 Å². The predicted molar refractivity (Wildman–Crippen MR) is 128 cm³/mol. The van der Waals surface area contributed by atoms with Crippen LogP contribution in [-0.2, 0) is 11.8 Å². The van der Waals surface area contributed by atoms with Gasteiger partial charge in [-0.3, -0.25) is 14.2 Å². The van der Waals surface area contributed by atoms with Gasteiger partial charge in [0.2, 0.25) is 11.9 Å². The fourth-order valence-electron chi connectivity index (χ4n) is 3.29. The van der Waals surface area contributed by atoms with Crippen molar-refractivity contribution < 1.29 is 9.53 Å². The molecule has 9 nitrogen and oxygen atoms in total. The number of nitrogens with zero attached hydrogens (tertiary/aromatic N) is 4. The minimum atomic E-state index is -0.205. The molecule has 0 saturated carbocycles. The standard InChI is InChI=1S/C24H24N6O3/c1-14(2)27-24-26-13-19(23(32)30(24)4)21-7-5-16-11-17(6-8-20(16)29-21)33-18-9-10-25-22(12-18)28-15(3)31/h5-14H,1-4H3,(H,26,27)(H,25,28,31). The van der Waals surface area contributed by atoms with Crippen LogP contribution >= 0.6 is 0 Å². The number of anilines is 2. The highest BCUT2D eigenvalue weighted by Crippen LogP contribution is 2.27. The third kappa shape index (κ3) is 4.98. The molecule has 3 heterocycles. The van der Waals surface area contributed by atoms with Gasteiger partial charge in [-0.05, 0) is 44.2 Å². The summed E-state index contributed by atoms with van der Waals surface area (Å²) >= 11 is 0. The number of nitrogens with one attached hydrogen (secondary N) is 2. The number of rotatable bonds is 6. The second-order valence-electron chi connectivity index (χ2n) is 7.87. The Balaban J connectivity index is 1.61. The molecule has 0 aliphatic carbocycles. The summed E-state index contributed by atoms with van der Waals surface area (Å²) in [6.07, 6.45) is 3.11. The summed E-state index contributed by atoms with van der Waals surface area (Å²) < 4.78 is 7.40. The first-order valence-corrected chi connectivity index (χ1v) is 10.5. The first kappa shape index (κ1) is 21.9. The van der Waals surface area contributed by atoms with Crippen molar-refractivity contribution >= 4 is 28.6 Å². The molecule has 168 valence electrons. The van der Waals surface area contributed by atoms with Crippen molar-refractivity contribution in [1.29, 1.82) is 0 Å². The number of ether oxygens (including phenoxy) is 1. The largest absolute Gasteiger partial charge is 0.457 e. The number of aromatic nitrogens is 4. The summed E-state index contributed by atoms with van der Waals surface area (Å²) in [6.45, 7) is 5.39. The Labute approximate surface area is 190 Å². The number of hydrogen-bond acceptors (Lipinski definition) is 7. The van der Waals surface area contributed by atoms with Crippen LogP contribution in [0.4, 0.5) is 11.8 Å². The molecule has 4 rings (SSSR count). The van der Waals surface area contributed by atoms with Gasteiger partial charge in [0.1, 0.15) is 17.3 Å². The number of pyridine rings is 2. The van der Waals surface area contributed by atoms with Gasteiger partial charge in [0.05, 0.1) is 16.8 Å². The third-order valence-electron chi connectivity index (χ3n) is 4.79. The summed E-state index contributed by atoms with van der Waals surface area (Å²) in [5.74, 6) is 1.88. The molecule has 2 N–H and O–H groups in total. The van der Waals surface area contributed by atoms with Crippen LogP contribution in [-0.4, -0.2) is 31.5 Å². The summed E-state index contributed by atoms with van der Waals surface area (Å²) in [6, 6.07) is 12.7. The SMILES string of the molecule is CC(=O)Nc1cc(Oc2ccc3nc(-c4cnc(NC(C)C)n(C)c4=O)ccc3c2)ccn1.